The van der Waals surface area contributed by atoms with Crippen LogP contribution in [0.2, 0.25) is 22.7 Å². The molecule has 0 radical (unpaired) electrons. The van der Waals surface area contributed by atoms with Gasteiger partial charge in [0.2, 0.25) is 0 Å². The molecule has 2 aliphatic rings. The minimum absolute atomic E-state index is 0. The van der Waals surface area contributed by atoms with Crippen LogP contribution in [0.15, 0.2) is 43.0 Å². The van der Waals surface area contributed by atoms with Crippen LogP contribution in [0.3, 0.4) is 0 Å². The molecule has 2 rings (SSSR count). The molecule has 0 bridgehead atoms. The third-order valence-corrected chi connectivity index (χ3v) is 33.6. The molecular weight excluding hydrogens is 283 g/mol. The molecule has 0 heterocycles. The molecule has 0 aromatic carbocycles. The molecular formula is C16H29Zr. The molecule has 0 nitrogen and oxygen atoms in total. The zero-order valence-electron chi connectivity index (χ0n) is 14.1. The van der Waals surface area contributed by atoms with Gasteiger partial charge in [-0.2, -0.15) is 0 Å². The van der Waals surface area contributed by atoms with Crippen molar-refractivity contribution in [3.05, 3.63) is 43.0 Å². The van der Waals surface area contributed by atoms with Crippen LogP contribution in [0.4, 0.5) is 0 Å². The van der Waals surface area contributed by atoms with Crippen molar-refractivity contribution in [3.8, 4) is 0 Å². The third kappa shape index (κ3) is 1.58. The Balaban J connectivity index is 0.00000162. The first kappa shape index (κ1) is 13.3. The summed E-state index contributed by atoms with van der Waals surface area (Å²) in [6, 6.07) is 0. The van der Waals surface area contributed by atoms with Gasteiger partial charge in [0.1, 0.15) is 0 Å². The number of rotatable bonds is 3. The monoisotopic (exact) mass is 311 g/mol. The van der Waals surface area contributed by atoms with E-state index in [0.717, 1.165) is 12.8 Å². The SMILES string of the molecule is C[CH2][Zr+2]([CH3])([CH3])([CH3])([CH3])([C]1=CC=CC1)[C]1=CC=CC1.[H-].[H-]. The quantitative estimate of drug-likeness (QED) is 0.574. The molecule has 17 heavy (non-hydrogen) atoms. The largest absolute Gasteiger partial charge is 1.00 e. The number of allylic oxidation sites excluding steroid dienone is 8. The Hall–Kier alpha value is -0.157. The summed E-state index contributed by atoms with van der Waals surface area (Å²) in [6.45, 7) is 2.40. The summed E-state index contributed by atoms with van der Waals surface area (Å²) in [6.07, 6.45) is 16.3. The van der Waals surface area contributed by atoms with Gasteiger partial charge < -0.3 is 2.85 Å². The van der Waals surface area contributed by atoms with Crippen molar-refractivity contribution in [2.24, 2.45) is 0 Å². The fourth-order valence-electron chi connectivity index (χ4n) is 3.49. The molecule has 0 saturated heterocycles. The molecule has 0 aliphatic heterocycles. The van der Waals surface area contributed by atoms with Gasteiger partial charge in [0.05, 0.1) is 0 Å². The topological polar surface area (TPSA) is 0 Å². The van der Waals surface area contributed by atoms with E-state index in [1.807, 2.05) is 0 Å². The van der Waals surface area contributed by atoms with Gasteiger partial charge in [-0.25, -0.2) is 0 Å². The minimum atomic E-state index is -3.88. The van der Waals surface area contributed by atoms with Crippen LogP contribution in [0.5, 0.6) is 0 Å². The molecule has 0 N–H and O–H groups in total. The first-order valence-electron chi connectivity index (χ1n) is 6.99. The Morgan fingerprint density at radius 1 is 0.941 bits per heavy atom. The third-order valence-electron chi connectivity index (χ3n) is 6.65. The summed E-state index contributed by atoms with van der Waals surface area (Å²) >= 11 is -3.88. The number of hydrogen-bond donors (Lipinski definition) is 0. The molecule has 97 valence electrons. The summed E-state index contributed by atoms with van der Waals surface area (Å²) in [5, 5.41) is 0. The summed E-state index contributed by atoms with van der Waals surface area (Å²) in [5.74, 6) is 0. The van der Waals surface area contributed by atoms with E-state index >= 15 is 0 Å². The fraction of sp³-hybridized carbons (Fsp3) is 0.500. The van der Waals surface area contributed by atoms with Crippen molar-refractivity contribution in [2.75, 3.05) is 0 Å². The Kier molecular flexibility index (Phi) is 2.12. The summed E-state index contributed by atoms with van der Waals surface area (Å²) in [7, 11) is 0. The molecule has 0 saturated carbocycles. The summed E-state index contributed by atoms with van der Waals surface area (Å²) in [5.41, 5.74) is 0. The van der Waals surface area contributed by atoms with Gasteiger partial charge in [-0.05, 0) is 0 Å². The molecule has 0 amide bonds. The first-order chi connectivity index (χ1) is 7.56. The van der Waals surface area contributed by atoms with Crippen molar-refractivity contribution in [2.45, 2.75) is 42.4 Å². The van der Waals surface area contributed by atoms with E-state index in [-0.39, 0.29) is 2.85 Å². The second-order valence-electron chi connectivity index (χ2n) is 9.89. The zero-order chi connectivity index (χ0) is 12.9. The van der Waals surface area contributed by atoms with Crippen LogP contribution < -0.4 is 0 Å². The van der Waals surface area contributed by atoms with Crippen LogP contribution >= 0.6 is 0 Å². The molecule has 2 aliphatic carbocycles. The Bertz CT molecular complexity index is 482. The first-order valence-corrected chi connectivity index (χ1v) is 21.0. The van der Waals surface area contributed by atoms with Gasteiger partial charge in [0, 0.05) is 0 Å². The molecule has 0 fully saturated rings. The molecule has 0 aromatic heterocycles. The predicted octanol–water partition coefficient (Wildman–Crippen LogP) is 6.29. The van der Waals surface area contributed by atoms with Crippen molar-refractivity contribution in [3.63, 3.8) is 0 Å². The van der Waals surface area contributed by atoms with Crippen LogP contribution in [0, 0.1) is 0 Å². The van der Waals surface area contributed by atoms with E-state index < -0.39 is 15.8 Å². The molecule has 0 atom stereocenters. The molecule has 0 aromatic rings. The maximum atomic E-state index is 2.63. The summed E-state index contributed by atoms with van der Waals surface area (Å²) in [4.78, 5) is 0. The number of hydrogen-bond acceptors (Lipinski definition) is 0. The van der Waals surface area contributed by atoms with Gasteiger partial charge >= 0.3 is 101 Å². The van der Waals surface area contributed by atoms with E-state index in [1.165, 1.54) is 4.13 Å². The zero-order valence-corrected chi connectivity index (χ0v) is 14.5. The van der Waals surface area contributed by atoms with Crippen LogP contribution in [-0.4, -0.2) is 0 Å². The Morgan fingerprint density at radius 2 is 1.35 bits per heavy atom. The normalized spacial score (nSPS) is 25.8. The minimum Gasteiger partial charge on any atom is -1.00 e. The van der Waals surface area contributed by atoms with Gasteiger partial charge in [0.25, 0.3) is 0 Å². The predicted molar refractivity (Wildman–Crippen MR) is 79.8 cm³/mol. The van der Waals surface area contributed by atoms with E-state index in [9.17, 15) is 0 Å². The molecule has 0 unspecified atom stereocenters. The smallest absolute Gasteiger partial charge is 1.00 e. The maximum Gasteiger partial charge on any atom is -1.00 e. The van der Waals surface area contributed by atoms with Gasteiger partial charge in [-0.1, -0.05) is 0 Å². The van der Waals surface area contributed by atoms with E-state index in [0.29, 0.717) is 0 Å². The van der Waals surface area contributed by atoms with Gasteiger partial charge in [-0.15, -0.1) is 0 Å². The second-order valence-corrected chi connectivity index (χ2v) is 48.7. The average molecular weight is 313 g/mol. The van der Waals surface area contributed by atoms with Crippen molar-refractivity contribution < 1.29 is 18.7 Å². The van der Waals surface area contributed by atoms with Crippen LogP contribution in [0.1, 0.15) is 22.6 Å². The van der Waals surface area contributed by atoms with E-state index in [4.69, 9.17) is 0 Å². The van der Waals surface area contributed by atoms with Gasteiger partial charge in [0.15, 0.2) is 0 Å². The van der Waals surface area contributed by atoms with E-state index in [1.54, 1.807) is 6.56 Å². The van der Waals surface area contributed by atoms with Crippen LogP contribution in [-0.2, 0) is 15.8 Å². The van der Waals surface area contributed by atoms with Crippen LogP contribution in [0.25, 0.3) is 0 Å². The Labute approximate surface area is 104 Å². The van der Waals surface area contributed by atoms with Gasteiger partial charge in [-0.3, -0.25) is 0 Å². The maximum absolute atomic E-state index is 3.88. The fourth-order valence-corrected chi connectivity index (χ4v) is 17.3. The summed E-state index contributed by atoms with van der Waals surface area (Å²) < 4.78 is 15.3. The standard InChI is InChI=1S/2C5H5.C2H5.4CH3.Zr.2H/c2*1-2-4-5-3-1;1-2;;;;;;;/h2*1-3H,4H2;1H2,2H3;4*1H3;;;/q;;;;;;;+2;2*-1. The Morgan fingerprint density at radius 3 is 1.59 bits per heavy atom. The molecule has 1 heteroatoms. The molecule has 0 spiro atoms. The van der Waals surface area contributed by atoms with E-state index in [2.05, 4.69) is 61.9 Å². The van der Waals surface area contributed by atoms with Crippen molar-refractivity contribution in [1.82, 2.24) is 0 Å². The van der Waals surface area contributed by atoms with Crippen molar-refractivity contribution >= 4 is 0 Å². The average Bonchev–Trinajstić information content (AvgIpc) is 2.92. The second kappa shape index (κ2) is 2.72. The van der Waals surface area contributed by atoms with Crippen molar-refractivity contribution in [1.29, 1.82) is 0 Å².